The Labute approximate surface area is 110 Å². The van der Waals surface area contributed by atoms with E-state index in [2.05, 4.69) is 48.1 Å². The van der Waals surface area contributed by atoms with E-state index in [1.54, 1.807) is 0 Å². The van der Waals surface area contributed by atoms with Gasteiger partial charge in [-0.1, -0.05) is 18.2 Å². The van der Waals surface area contributed by atoms with Crippen molar-refractivity contribution in [2.75, 3.05) is 26.8 Å². The molecule has 18 heavy (non-hydrogen) atoms. The number of likely N-dealkylation sites (N-methyl/N-ethyl adjacent to an activating group) is 1. The number of nitrogens with one attached hydrogen (secondary N) is 1. The minimum absolute atomic E-state index is 0. The molecule has 1 aromatic heterocycles. The number of nitrogens with zero attached hydrogens (tertiary/aromatic N) is 1. The SMILES string of the molecule is CCOCCN(C)Cc1[nH]c2ccccc2c1C.[HH]. The van der Waals surface area contributed by atoms with Gasteiger partial charge in [-0.05, 0) is 32.5 Å². The summed E-state index contributed by atoms with van der Waals surface area (Å²) in [7, 11) is 2.13. The molecular formula is C15H24N2O. The van der Waals surface area contributed by atoms with Crippen molar-refractivity contribution >= 4 is 10.9 Å². The van der Waals surface area contributed by atoms with Crippen molar-refractivity contribution in [1.82, 2.24) is 9.88 Å². The number of aromatic nitrogens is 1. The molecular weight excluding hydrogens is 224 g/mol. The molecule has 0 saturated heterocycles. The van der Waals surface area contributed by atoms with Crippen molar-refractivity contribution < 1.29 is 6.16 Å². The summed E-state index contributed by atoms with van der Waals surface area (Å²) in [6, 6.07) is 8.46. The molecule has 2 aromatic rings. The average Bonchev–Trinajstić information content (AvgIpc) is 2.67. The molecule has 0 spiro atoms. The summed E-state index contributed by atoms with van der Waals surface area (Å²) in [6.07, 6.45) is 0. The van der Waals surface area contributed by atoms with Gasteiger partial charge in [-0.2, -0.15) is 0 Å². The van der Waals surface area contributed by atoms with Gasteiger partial charge >= 0.3 is 0 Å². The van der Waals surface area contributed by atoms with E-state index in [0.717, 1.165) is 26.3 Å². The van der Waals surface area contributed by atoms with Crippen molar-refractivity contribution in [1.29, 1.82) is 0 Å². The lowest BCUT2D eigenvalue weighted by Crippen LogP contribution is -2.23. The summed E-state index contributed by atoms with van der Waals surface area (Å²) in [5, 5.41) is 1.32. The molecule has 0 aliphatic rings. The molecule has 0 bridgehead atoms. The zero-order valence-electron chi connectivity index (χ0n) is 11.5. The Morgan fingerprint density at radius 2 is 2.11 bits per heavy atom. The Hall–Kier alpha value is -1.32. The van der Waals surface area contributed by atoms with Gasteiger partial charge in [-0.15, -0.1) is 0 Å². The van der Waals surface area contributed by atoms with Crippen molar-refractivity contribution in [3.05, 3.63) is 35.5 Å². The second-order valence-corrected chi connectivity index (χ2v) is 4.71. The van der Waals surface area contributed by atoms with Gasteiger partial charge in [0.2, 0.25) is 0 Å². The van der Waals surface area contributed by atoms with E-state index in [-0.39, 0.29) is 1.43 Å². The number of hydrogen-bond acceptors (Lipinski definition) is 2. The van der Waals surface area contributed by atoms with Gasteiger partial charge in [0.15, 0.2) is 0 Å². The van der Waals surface area contributed by atoms with Crippen LogP contribution in [0.2, 0.25) is 0 Å². The van der Waals surface area contributed by atoms with Crippen molar-refractivity contribution in [2.24, 2.45) is 0 Å². The zero-order valence-corrected chi connectivity index (χ0v) is 11.5. The summed E-state index contributed by atoms with van der Waals surface area (Å²) >= 11 is 0. The van der Waals surface area contributed by atoms with Gasteiger partial charge in [0.1, 0.15) is 0 Å². The summed E-state index contributed by atoms with van der Waals surface area (Å²) in [5.41, 5.74) is 3.88. The first-order chi connectivity index (χ1) is 8.72. The largest absolute Gasteiger partial charge is 0.380 e. The molecule has 3 heteroatoms. The number of benzene rings is 1. The molecule has 0 atom stereocenters. The molecule has 0 saturated carbocycles. The van der Waals surface area contributed by atoms with Crippen LogP contribution in [-0.2, 0) is 11.3 Å². The number of fused-ring (bicyclic) bond motifs is 1. The van der Waals surface area contributed by atoms with Gasteiger partial charge in [-0.25, -0.2) is 0 Å². The lowest BCUT2D eigenvalue weighted by molar-refractivity contribution is 0.120. The number of hydrogen-bond donors (Lipinski definition) is 1. The first kappa shape index (κ1) is 13.1. The third kappa shape index (κ3) is 2.92. The van der Waals surface area contributed by atoms with Crippen LogP contribution >= 0.6 is 0 Å². The average molecular weight is 248 g/mol. The van der Waals surface area contributed by atoms with Crippen molar-refractivity contribution in [3.63, 3.8) is 0 Å². The standard InChI is InChI=1S/C15H22N2O.H2/c1-4-18-10-9-17(3)11-15-12(2)13-7-5-6-8-14(13)16-15;/h5-8,16H,4,9-11H2,1-3H3;1H. The molecule has 3 nitrogen and oxygen atoms in total. The first-order valence-corrected chi connectivity index (χ1v) is 6.55. The highest BCUT2D eigenvalue weighted by Crippen LogP contribution is 2.21. The lowest BCUT2D eigenvalue weighted by atomic mass is 10.1. The van der Waals surface area contributed by atoms with Gasteiger partial charge < -0.3 is 9.72 Å². The van der Waals surface area contributed by atoms with Crippen molar-refractivity contribution in [2.45, 2.75) is 20.4 Å². The first-order valence-electron chi connectivity index (χ1n) is 6.55. The third-order valence-electron chi connectivity index (χ3n) is 3.32. The second kappa shape index (κ2) is 6.03. The molecule has 0 fully saturated rings. The van der Waals surface area contributed by atoms with E-state index < -0.39 is 0 Å². The van der Waals surface area contributed by atoms with Gasteiger partial charge in [-0.3, -0.25) is 4.90 Å². The summed E-state index contributed by atoms with van der Waals surface area (Å²) in [5.74, 6) is 0. The van der Waals surface area contributed by atoms with Crippen molar-refractivity contribution in [3.8, 4) is 0 Å². The maximum atomic E-state index is 5.38. The highest BCUT2D eigenvalue weighted by Gasteiger charge is 2.08. The number of ether oxygens (including phenoxy) is 1. The zero-order chi connectivity index (χ0) is 13.0. The molecule has 0 radical (unpaired) electrons. The molecule has 2 rings (SSSR count). The van der Waals surface area contributed by atoms with Crippen LogP contribution in [0.5, 0.6) is 0 Å². The molecule has 100 valence electrons. The predicted octanol–water partition coefficient (Wildman–Crippen LogP) is 3.19. The highest BCUT2D eigenvalue weighted by atomic mass is 16.5. The van der Waals surface area contributed by atoms with Crippen LogP contribution < -0.4 is 0 Å². The summed E-state index contributed by atoms with van der Waals surface area (Å²) in [4.78, 5) is 5.79. The Balaban J connectivity index is 0.00000180. The number of aromatic amines is 1. The van der Waals surface area contributed by atoms with Crippen LogP contribution in [-0.4, -0.2) is 36.7 Å². The molecule has 0 aliphatic carbocycles. The maximum Gasteiger partial charge on any atom is 0.0593 e. The Morgan fingerprint density at radius 3 is 2.83 bits per heavy atom. The molecule has 1 heterocycles. The normalized spacial score (nSPS) is 11.6. The highest BCUT2D eigenvalue weighted by molar-refractivity contribution is 5.84. The number of H-pyrrole nitrogens is 1. The van der Waals surface area contributed by atoms with E-state index >= 15 is 0 Å². The van der Waals surface area contributed by atoms with Crippen LogP contribution in [0.25, 0.3) is 10.9 Å². The fourth-order valence-corrected chi connectivity index (χ4v) is 2.21. The Kier molecular flexibility index (Phi) is 4.39. The molecule has 1 N–H and O–H groups in total. The minimum atomic E-state index is 0. The van der Waals surface area contributed by atoms with Gasteiger partial charge in [0.25, 0.3) is 0 Å². The van der Waals surface area contributed by atoms with E-state index in [0.29, 0.717) is 0 Å². The topological polar surface area (TPSA) is 28.3 Å². The van der Waals surface area contributed by atoms with Gasteiger partial charge in [0, 0.05) is 37.7 Å². The molecule has 0 unspecified atom stereocenters. The Morgan fingerprint density at radius 1 is 1.33 bits per heavy atom. The van der Waals surface area contributed by atoms with E-state index in [1.165, 1.54) is 22.2 Å². The maximum absolute atomic E-state index is 5.38. The number of para-hydroxylation sites is 1. The summed E-state index contributed by atoms with van der Waals surface area (Å²) in [6.45, 7) is 7.70. The quantitative estimate of drug-likeness (QED) is 0.795. The van der Waals surface area contributed by atoms with Crippen LogP contribution in [0.3, 0.4) is 0 Å². The smallest absolute Gasteiger partial charge is 0.0593 e. The molecule has 1 aromatic carbocycles. The van der Waals surface area contributed by atoms with E-state index in [9.17, 15) is 0 Å². The number of rotatable bonds is 6. The van der Waals surface area contributed by atoms with Crippen LogP contribution in [0.15, 0.2) is 24.3 Å². The monoisotopic (exact) mass is 248 g/mol. The number of aryl methyl sites for hydroxylation is 1. The van der Waals surface area contributed by atoms with Crippen LogP contribution in [0.1, 0.15) is 19.6 Å². The van der Waals surface area contributed by atoms with Crippen LogP contribution in [0.4, 0.5) is 0 Å². The fraction of sp³-hybridized carbons (Fsp3) is 0.467. The molecule has 0 aliphatic heterocycles. The Bertz CT molecular complexity index is 510. The minimum Gasteiger partial charge on any atom is -0.380 e. The van der Waals surface area contributed by atoms with Gasteiger partial charge in [0.05, 0.1) is 6.61 Å². The van der Waals surface area contributed by atoms with E-state index in [4.69, 9.17) is 4.74 Å². The summed E-state index contributed by atoms with van der Waals surface area (Å²) < 4.78 is 5.38. The molecule has 0 amide bonds. The third-order valence-corrected chi connectivity index (χ3v) is 3.32. The lowest BCUT2D eigenvalue weighted by Gasteiger charge is -2.16. The van der Waals surface area contributed by atoms with Crippen LogP contribution in [0, 0.1) is 6.92 Å². The predicted molar refractivity (Wildman–Crippen MR) is 78.0 cm³/mol. The van der Waals surface area contributed by atoms with E-state index in [1.807, 2.05) is 6.92 Å². The second-order valence-electron chi connectivity index (χ2n) is 4.71. The fourth-order valence-electron chi connectivity index (χ4n) is 2.21.